The summed E-state index contributed by atoms with van der Waals surface area (Å²) in [4.78, 5) is 0. The molecule has 0 fully saturated rings. The lowest BCUT2D eigenvalue weighted by molar-refractivity contribution is 0.105. The van der Waals surface area contributed by atoms with Crippen LogP contribution in [0.2, 0.25) is 0 Å². The lowest BCUT2D eigenvalue weighted by Gasteiger charge is -2.11. The van der Waals surface area contributed by atoms with Crippen molar-refractivity contribution in [3.63, 3.8) is 0 Å². The fourth-order valence-corrected chi connectivity index (χ4v) is 2.11. The van der Waals surface area contributed by atoms with Crippen LogP contribution >= 0.6 is 12.2 Å². The van der Waals surface area contributed by atoms with Gasteiger partial charge in [-0.1, -0.05) is 12.1 Å². The molecule has 0 aliphatic rings. The van der Waals surface area contributed by atoms with Gasteiger partial charge in [0.1, 0.15) is 18.1 Å². The van der Waals surface area contributed by atoms with Gasteiger partial charge in [0.2, 0.25) is 0 Å². The minimum atomic E-state index is 0.507. The second-order valence-electron chi connectivity index (χ2n) is 4.94. The first-order chi connectivity index (χ1) is 11.3. The molecule has 2 N–H and O–H groups in total. The second kappa shape index (κ2) is 9.86. The molecule has 6 heteroatoms. The molecule has 0 aliphatic carbocycles. The summed E-state index contributed by atoms with van der Waals surface area (Å²) in [5.41, 5.74) is 1.15. The number of benzene rings is 1. The third-order valence-corrected chi connectivity index (χ3v) is 3.48. The van der Waals surface area contributed by atoms with E-state index in [1.54, 1.807) is 13.4 Å². The number of hydrogen-bond donors (Lipinski definition) is 2. The highest BCUT2D eigenvalue weighted by molar-refractivity contribution is 7.80. The summed E-state index contributed by atoms with van der Waals surface area (Å²) in [6, 6.07) is 11.6. The first-order valence-electron chi connectivity index (χ1n) is 7.52. The molecule has 0 bridgehead atoms. The molecule has 0 spiro atoms. The van der Waals surface area contributed by atoms with Crippen molar-refractivity contribution < 1.29 is 13.9 Å². The largest absolute Gasteiger partial charge is 0.497 e. The molecular formula is C17H22N2O3S. The average Bonchev–Trinajstić information content (AvgIpc) is 3.10. The van der Waals surface area contributed by atoms with Gasteiger partial charge < -0.3 is 24.5 Å². The summed E-state index contributed by atoms with van der Waals surface area (Å²) < 4.78 is 15.8. The van der Waals surface area contributed by atoms with Crippen LogP contribution < -0.4 is 15.4 Å². The quantitative estimate of drug-likeness (QED) is 0.543. The van der Waals surface area contributed by atoms with Crippen molar-refractivity contribution in [2.45, 2.75) is 19.6 Å². The van der Waals surface area contributed by atoms with E-state index in [1.807, 2.05) is 36.4 Å². The van der Waals surface area contributed by atoms with E-state index in [4.69, 9.17) is 26.1 Å². The fourth-order valence-electron chi connectivity index (χ4n) is 1.93. The van der Waals surface area contributed by atoms with Gasteiger partial charge in [-0.15, -0.1) is 0 Å². The highest BCUT2D eigenvalue weighted by Crippen LogP contribution is 2.10. The molecule has 0 radical (unpaired) electrons. The summed E-state index contributed by atoms with van der Waals surface area (Å²) >= 11 is 5.24. The maximum absolute atomic E-state index is 5.50. The van der Waals surface area contributed by atoms with E-state index < -0.39 is 0 Å². The van der Waals surface area contributed by atoms with Gasteiger partial charge in [0, 0.05) is 19.7 Å². The van der Waals surface area contributed by atoms with Gasteiger partial charge in [-0.05, 0) is 48.5 Å². The van der Waals surface area contributed by atoms with E-state index in [0.29, 0.717) is 24.9 Å². The van der Waals surface area contributed by atoms with E-state index in [2.05, 4.69) is 10.6 Å². The zero-order chi connectivity index (χ0) is 16.3. The normalized spacial score (nSPS) is 10.3. The maximum Gasteiger partial charge on any atom is 0.166 e. The zero-order valence-corrected chi connectivity index (χ0v) is 14.0. The number of methoxy groups -OCH3 is 1. The molecule has 2 aromatic rings. The Bertz CT molecular complexity index is 570. The smallest absolute Gasteiger partial charge is 0.166 e. The van der Waals surface area contributed by atoms with Crippen LogP contribution in [0.4, 0.5) is 0 Å². The molecule has 0 aliphatic heterocycles. The Labute approximate surface area is 142 Å². The molecular weight excluding hydrogens is 312 g/mol. The van der Waals surface area contributed by atoms with Gasteiger partial charge in [0.25, 0.3) is 0 Å². The van der Waals surface area contributed by atoms with Crippen molar-refractivity contribution in [2.75, 3.05) is 20.3 Å². The third kappa shape index (κ3) is 6.71. The molecule has 2 rings (SSSR count). The lowest BCUT2D eigenvalue weighted by Crippen LogP contribution is -2.35. The van der Waals surface area contributed by atoms with Gasteiger partial charge in [-0.25, -0.2) is 0 Å². The number of ether oxygens (including phenoxy) is 2. The monoisotopic (exact) mass is 334 g/mol. The Kier molecular flexibility index (Phi) is 7.42. The van der Waals surface area contributed by atoms with Crippen molar-refractivity contribution in [3.8, 4) is 5.75 Å². The Morgan fingerprint density at radius 1 is 1.17 bits per heavy atom. The van der Waals surface area contributed by atoms with Crippen LogP contribution in [0.1, 0.15) is 17.7 Å². The molecule has 0 saturated heterocycles. The van der Waals surface area contributed by atoms with Crippen molar-refractivity contribution in [1.82, 2.24) is 10.6 Å². The van der Waals surface area contributed by atoms with Gasteiger partial charge >= 0.3 is 0 Å². The summed E-state index contributed by atoms with van der Waals surface area (Å²) in [5.74, 6) is 1.69. The van der Waals surface area contributed by atoms with Crippen LogP contribution in [-0.2, 0) is 17.9 Å². The summed E-state index contributed by atoms with van der Waals surface area (Å²) in [7, 11) is 1.66. The lowest BCUT2D eigenvalue weighted by atomic mass is 10.2. The molecule has 124 valence electrons. The predicted octanol–water partition coefficient (Wildman–Crippen LogP) is 2.86. The number of furan rings is 1. The van der Waals surface area contributed by atoms with Crippen LogP contribution in [0, 0.1) is 0 Å². The Morgan fingerprint density at radius 3 is 2.70 bits per heavy atom. The van der Waals surface area contributed by atoms with Gasteiger partial charge in [0.05, 0.1) is 13.4 Å². The van der Waals surface area contributed by atoms with Crippen LogP contribution in [-0.4, -0.2) is 25.4 Å². The molecule has 0 amide bonds. The highest BCUT2D eigenvalue weighted by Gasteiger charge is 1.98. The van der Waals surface area contributed by atoms with Crippen LogP contribution in [0.3, 0.4) is 0 Å². The second-order valence-corrected chi connectivity index (χ2v) is 5.35. The zero-order valence-electron chi connectivity index (χ0n) is 13.2. The maximum atomic E-state index is 5.50. The molecule has 1 heterocycles. The number of rotatable bonds is 9. The Balaban J connectivity index is 1.51. The van der Waals surface area contributed by atoms with E-state index in [0.717, 1.165) is 30.0 Å². The van der Waals surface area contributed by atoms with Crippen molar-refractivity contribution in [3.05, 3.63) is 54.0 Å². The van der Waals surface area contributed by atoms with Crippen molar-refractivity contribution >= 4 is 17.3 Å². The van der Waals surface area contributed by atoms with Gasteiger partial charge in [-0.2, -0.15) is 0 Å². The molecule has 1 aromatic carbocycles. The Hall–Kier alpha value is -2.05. The van der Waals surface area contributed by atoms with Gasteiger partial charge in [-0.3, -0.25) is 0 Å². The number of hydrogen-bond acceptors (Lipinski definition) is 4. The van der Waals surface area contributed by atoms with Crippen LogP contribution in [0.15, 0.2) is 47.1 Å². The third-order valence-electron chi connectivity index (χ3n) is 3.19. The van der Waals surface area contributed by atoms with Crippen LogP contribution in [0.5, 0.6) is 5.75 Å². The molecule has 23 heavy (non-hydrogen) atoms. The average molecular weight is 334 g/mol. The number of thiocarbonyl (C=S) groups is 1. The highest BCUT2D eigenvalue weighted by atomic mass is 32.1. The van der Waals surface area contributed by atoms with Gasteiger partial charge in [0.15, 0.2) is 5.11 Å². The first kappa shape index (κ1) is 17.3. The predicted molar refractivity (Wildman–Crippen MR) is 93.4 cm³/mol. The summed E-state index contributed by atoms with van der Waals surface area (Å²) in [6.07, 6.45) is 2.53. The Morgan fingerprint density at radius 2 is 2.00 bits per heavy atom. The van der Waals surface area contributed by atoms with Crippen molar-refractivity contribution in [2.24, 2.45) is 0 Å². The van der Waals surface area contributed by atoms with Crippen molar-refractivity contribution in [1.29, 1.82) is 0 Å². The van der Waals surface area contributed by atoms with Crippen LogP contribution in [0.25, 0.3) is 0 Å². The molecule has 0 atom stereocenters. The molecule has 5 nitrogen and oxygen atoms in total. The minimum Gasteiger partial charge on any atom is -0.497 e. The SMILES string of the molecule is COc1ccc(CNC(=S)NCCCOCc2ccco2)cc1. The van der Waals surface area contributed by atoms with E-state index in [9.17, 15) is 0 Å². The molecule has 1 aromatic heterocycles. The molecule has 0 unspecified atom stereocenters. The first-order valence-corrected chi connectivity index (χ1v) is 7.93. The topological polar surface area (TPSA) is 55.7 Å². The molecule has 0 saturated carbocycles. The number of nitrogens with one attached hydrogen (secondary N) is 2. The van der Waals surface area contributed by atoms with E-state index >= 15 is 0 Å². The van der Waals surface area contributed by atoms with E-state index in [-0.39, 0.29) is 0 Å². The van der Waals surface area contributed by atoms with E-state index in [1.165, 1.54) is 0 Å². The summed E-state index contributed by atoms with van der Waals surface area (Å²) in [6.45, 7) is 2.62. The fraction of sp³-hybridized carbons (Fsp3) is 0.353. The summed E-state index contributed by atoms with van der Waals surface area (Å²) in [5, 5.41) is 6.98. The minimum absolute atomic E-state index is 0.507. The standard InChI is InChI=1S/C17H22N2O3S/c1-20-15-7-5-14(6-8-15)12-19-17(23)18-9-3-10-21-13-16-4-2-11-22-16/h2,4-8,11H,3,9-10,12-13H2,1H3,(H2,18,19,23).